The van der Waals surface area contributed by atoms with E-state index >= 15 is 0 Å². The number of carboxylic acid groups (broad SMARTS) is 1. The Morgan fingerprint density at radius 3 is 2.85 bits per heavy atom. The Morgan fingerprint density at radius 2 is 2.20 bits per heavy atom. The van der Waals surface area contributed by atoms with Gasteiger partial charge in [-0.15, -0.1) is 0 Å². The number of benzene rings is 1. The quantitative estimate of drug-likeness (QED) is 0.789. The molecule has 1 aromatic carbocycles. The Kier molecular flexibility index (Phi) is 4.57. The van der Waals surface area contributed by atoms with E-state index in [9.17, 15) is 9.59 Å². The molecule has 3 N–H and O–H groups in total. The summed E-state index contributed by atoms with van der Waals surface area (Å²) in [6.07, 6.45) is 1.82. The number of carbonyl (C=O) groups excluding carboxylic acids is 1. The van der Waals surface area contributed by atoms with Crippen molar-refractivity contribution < 1.29 is 19.4 Å². The van der Waals surface area contributed by atoms with Crippen molar-refractivity contribution >= 4 is 17.7 Å². The third-order valence-corrected chi connectivity index (χ3v) is 3.31. The van der Waals surface area contributed by atoms with Gasteiger partial charge in [0.2, 0.25) is 0 Å². The molecule has 1 aliphatic rings. The fourth-order valence-corrected chi connectivity index (χ4v) is 2.20. The Labute approximate surface area is 117 Å². The number of hydrogen-bond acceptors (Lipinski definition) is 3. The van der Waals surface area contributed by atoms with Crippen molar-refractivity contribution in [2.45, 2.75) is 25.8 Å². The fourth-order valence-electron chi connectivity index (χ4n) is 2.20. The standard InChI is InChI=1S/C14H18N2O4/c1-9-11(13(17)18)5-2-6-12(9)16-14(19)15-10-4-3-7-20-8-10/h2,5-6,10H,3-4,7-8H2,1H3,(H,17,18)(H2,15,16,19). The molecular formula is C14H18N2O4. The van der Waals surface area contributed by atoms with Gasteiger partial charge in [-0.1, -0.05) is 6.07 Å². The number of hydrogen-bond donors (Lipinski definition) is 3. The van der Waals surface area contributed by atoms with Crippen molar-refractivity contribution in [2.24, 2.45) is 0 Å². The zero-order valence-electron chi connectivity index (χ0n) is 11.3. The van der Waals surface area contributed by atoms with E-state index < -0.39 is 5.97 Å². The van der Waals surface area contributed by atoms with Crippen molar-refractivity contribution in [3.63, 3.8) is 0 Å². The molecule has 108 valence electrons. The lowest BCUT2D eigenvalue weighted by Crippen LogP contribution is -2.42. The number of urea groups is 1. The molecule has 1 aromatic rings. The Bertz CT molecular complexity index is 510. The van der Waals surface area contributed by atoms with Crippen LogP contribution in [0.3, 0.4) is 0 Å². The highest BCUT2D eigenvalue weighted by molar-refractivity contribution is 5.95. The largest absolute Gasteiger partial charge is 0.478 e. The molecule has 0 aromatic heterocycles. The summed E-state index contributed by atoms with van der Waals surface area (Å²) in [5.74, 6) is -1.01. The van der Waals surface area contributed by atoms with Gasteiger partial charge >= 0.3 is 12.0 Å². The van der Waals surface area contributed by atoms with Gasteiger partial charge in [-0.25, -0.2) is 9.59 Å². The van der Waals surface area contributed by atoms with E-state index in [-0.39, 0.29) is 17.6 Å². The van der Waals surface area contributed by atoms with Crippen molar-refractivity contribution in [1.29, 1.82) is 0 Å². The molecule has 0 spiro atoms. The van der Waals surface area contributed by atoms with Gasteiger partial charge in [-0.05, 0) is 37.5 Å². The van der Waals surface area contributed by atoms with E-state index in [1.165, 1.54) is 6.07 Å². The average Bonchev–Trinajstić information content (AvgIpc) is 2.42. The summed E-state index contributed by atoms with van der Waals surface area (Å²) < 4.78 is 5.29. The minimum atomic E-state index is -1.01. The molecule has 1 unspecified atom stereocenters. The fraction of sp³-hybridized carbons (Fsp3) is 0.429. The van der Waals surface area contributed by atoms with E-state index in [4.69, 9.17) is 9.84 Å². The molecule has 1 saturated heterocycles. The number of aromatic carboxylic acids is 1. The predicted octanol–water partition coefficient (Wildman–Crippen LogP) is 1.99. The molecule has 6 heteroatoms. The first-order valence-electron chi connectivity index (χ1n) is 6.56. The number of rotatable bonds is 3. The van der Waals surface area contributed by atoms with E-state index in [0.717, 1.165) is 19.4 Å². The molecule has 0 saturated carbocycles. The van der Waals surface area contributed by atoms with Crippen LogP contribution >= 0.6 is 0 Å². The minimum absolute atomic E-state index is 0.00622. The molecule has 1 atom stereocenters. The summed E-state index contributed by atoms with van der Waals surface area (Å²) >= 11 is 0. The predicted molar refractivity (Wildman–Crippen MR) is 74.1 cm³/mol. The van der Waals surface area contributed by atoms with E-state index in [1.54, 1.807) is 19.1 Å². The molecule has 20 heavy (non-hydrogen) atoms. The summed E-state index contributed by atoms with van der Waals surface area (Å²) in [5.41, 5.74) is 1.22. The molecule has 0 bridgehead atoms. The number of anilines is 1. The van der Waals surface area contributed by atoms with Crippen LogP contribution in [0.2, 0.25) is 0 Å². The monoisotopic (exact) mass is 278 g/mol. The van der Waals surface area contributed by atoms with Crippen LogP contribution in [0.25, 0.3) is 0 Å². The summed E-state index contributed by atoms with van der Waals surface area (Å²) in [6.45, 7) is 2.92. The second-order valence-electron chi connectivity index (χ2n) is 4.80. The lowest BCUT2D eigenvalue weighted by atomic mass is 10.1. The molecule has 2 rings (SSSR count). The first kappa shape index (κ1) is 14.3. The Hall–Kier alpha value is -2.08. The summed E-state index contributed by atoms with van der Waals surface area (Å²) in [5, 5.41) is 14.5. The molecule has 0 aliphatic carbocycles. The summed E-state index contributed by atoms with van der Waals surface area (Å²) in [4.78, 5) is 22.9. The van der Waals surface area contributed by atoms with Crippen LogP contribution in [0, 0.1) is 6.92 Å². The molecule has 6 nitrogen and oxygen atoms in total. The summed E-state index contributed by atoms with van der Waals surface area (Å²) in [6, 6.07) is 4.46. The normalized spacial score (nSPS) is 18.4. The molecule has 1 fully saturated rings. The first-order valence-corrected chi connectivity index (χ1v) is 6.56. The van der Waals surface area contributed by atoms with E-state index in [0.29, 0.717) is 17.9 Å². The number of nitrogens with one attached hydrogen (secondary N) is 2. The van der Waals surface area contributed by atoms with Crippen molar-refractivity contribution in [2.75, 3.05) is 18.5 Å². The Morgan fingerprint density at radius 1 is 1.40 bits per heavy atom. The van der Waals surface area contributed by atoms with Crippen LogP contribution in [-0.2, 0) is 4.74 Å². The van der Waals surface area contributed by atoms with Crippen LogP contribution in [-0.4, -0.2) is 36.4 Å². The van der Waals surface area contributed by atoms with E-state index in [2.05, 4.69) is 10.6 Å². The van der Waals surface area contributed by atoms with Gasteiger partial charge in [0.15, 0.2) is 0 Å². The first-order chi connectivity index (χ1) is 9.58. The van der Waals surface area contributed by atoms with Gasteiger partial charge in [0.05, 0.1) is 18.2 Å². The number of ether oxygens (including phenoxy) is 1. The number of carbonyl (C=O) groups is 2. The third kappa shape index (κ3) is 3.48. The van der Waals surface area contributed by atoms with Crippen LogP contribution in [0.15, 0.2) is 18.2 Å². The highest BCUT2D eigenvalue weighted by Gasteiger charge is 2.17. The second kappa shape index (κ2) is 6.38. The lowest BCUT2D eigenvalue weighted by molar-refractivity contribution is 0.0696. The molecule has 1 aliphatic heterocycles. The van der Waals surface area contributed by atoms with Crippen LogP contribution in [0.5, 0.6) is 0 Å². The summed E-state index contributed by atoms with van der Waals surface area (Å²) in [7, 11) is 0. The maximum absolute atomic E-state index is 11.9. The number of carboxylic acids is 1. The van der Waals surface area contributed by atoms with Crippen LogP contribution in [0.4, 0.5) is 10.5 Å². The maximum atomic E-state index is 11.9. The van der Waals surface area contributed by atoms with Gasteiger partial charge < -0.3 is 20.5 Å². The maximum Gasteiger partial charge on any atom is 0.336 e. The zero-order valence-corrected chi connectivity index (χ0v) is 11.3. The van der Waals surface area contributed by atoms with Gasteiger partial charge in [0.1, 0.15) is 0 Å². The highest BCUT2D eigenvalue weighted by atomic mass is 16.5. The zero-order chi connectivity index (χ0) is 14.5. The van der Waals surface area contributed by atoms with Crippen molar-refractivity contribution in [3.05, 3.63) is 29.3 Å². The van der Waals surface area contributed by atoms with Crippen molar-refractivity contribution in [3.8, 4) is 0 Å². The van der Waals surface area contributed by atoms with E-state index in [1.807, 2.05) is 0 Å². The Balaban J connectivity index is 2.00. The SMILES string of the molecule is Cc1c(NC(=O)NC2CCCOC2)cccc1C(=O)O. The van der Waals surface area contributed by atoms with Crippen molar-refractivity contribution in [1.82, 2.24) is 5.32 Å². The van der Waals surface area contributed by atoms with Crippen LogP contribution < -0.4 is 10.6 Å². The second-order valence-corrected chi connectivity index (χ2v) is 4.80. The molecular weight excluding hydrogens is 260 g/mol. The molecule has 1 heterocycles. The van der Waals surface area contributed by atoms with Gasteiger partial charge in [-0.2, -0.15) is 0 Å². The molecule has 0 radical (unpaired) electrons. The smallest absolute Gasteiger partial charge is 0.336 e. The van der Waals surface area contributed by atoms with Gasteiger partial charge in [0, 0.05) is 12.3 Å². The molecule has 2 amide bonds. The average molecular weight is 278 g/mol. The lowest BCUT2D eigenvalue weighted by Gasteiger charge is -2.23. The van der Waals surface area contributed by atoms with Crippen LogP contribution in [0.1, 0.15) is 28.8 Å². The topological polar surface area (TPSA) is 87.7 Å². The van der Waals surface area contributed by atoms with Gasteiger partial charge in [0.25, 0.3) is 0 Å². The third-order valence-electron chi connectivity index (χ3n) is 3.31. The van der Waals surface area contributed by atoms with Gasteiger partial charge in [-0.3, -0.25) is 0 Å². The number of amides is 2. The highest BCUT2D eigenvalue weighted by Crippen LogP contribution is 2.19. The minimum Gasteiger partial charge on any atom is -0.478 e.